The summed E-state index contributed by atoms with van der Waals surface area (Å²) in [6, 6.07) is 3.58. The number of pyridine rings is 1. The zero-order valence-corrected chi connectivity index (χ0v) is 32.2. The summed E-state index contributed by atoms with van der Waals surface area (Å²) in [7, 11) is 1.62. The van der Waals surface area contributed by atoms with E-state index in [1.807, 2.05) is 32.9 Å². The molecule has 1 aromatic heterocycles. The van der Waals surface area contributed by atoms with Gasteiger partial charge in [-0.15, -0.1) is 0 Å². The van der Waals surface area contributed by atoms with Gasteiger partial charge in [-0.3, -0.25) is 19.1 Å². The third-order valence-electron chi connectivity index (χ3n) is 11.3. The van der Waals surface area contributed by atoms with Crippen LogP contribution in [0, 0.1) is 12.8 Å². The third-order valence-corrected chi connectivity index (χ3v) is 12.4. The lowest BCUT2D eigenvalue weighted by Gasteiger charge is -2.34. The molecule has 3 N–H and O–H groups in total. The van der Waals surface area contributed by atoms with E-state index in [1.165, 1.54) is 11.9 Å². The second kappa shape index (κ2) is 15.8. The van der Waals surface area contributed by atoms with E-state index in [4.69, 9.17) is 19.2 Å². The molecule has 13 nitrogen and oxygen atoms in total. The number of nitrogens with one attached hydrogen (secondary N) is 3. The molecule has 0 spiro atoms. The van der Waals surface area contributed by atoms with Gasteiger partial charge in [0.25, 0.3) is 5.91 Å². The highest BCUT2D eigenvalue weighted by Crippen LogP contribution is 2.48. The highest BCUT2D eigenvalue weighted by molar-refractivity contribution is 7.98. The molecule has 3 aliphatic heterocycles. The minimum Gasteiger partial charge on any atom is -0.496 e. The Kier molecular flexibility index (Phi) is 11.1. The largest absolute Gasteiger partial charge is 0.496 e. The Morgan fingerprint density at radius 3 is 2.47 bits per heavy atom. The van der Waals surface area contributed by atoms with Crippen molar-refractivity contribution in [2.45, 2.75) is 133 Å². The Hall–Kier alpha value is -3.94. The molecule has 5 aliphatic rings. The molecule has 288 valence electrons. The SMILES string of the molecule is COc1ccc2c(O[C@@H]3C[C@H]4C(=O)N[C@]5(C(=O)NSC6CC6)C[C@H]5CCCCCCC[C@H](NC(=O)N5CCC5)C(=O)N4C3)cc(OC(C)C)nc2c1C. The van der Waals surface area contributed by atoms with E-state index in [9.17, 15) is 19.2 Å². The quantitative estimate of drug-likeness (QED) is 0.301. The number of urea groups is 1. The van der Waals surface area contributed by atoms with E-state index in [0.29, 0.717) is 54.1 Å². The maximum absolute atomic E-state index is 14.6. The lowest BCUT2D eigenvalue weighted by atomic mass is 10.0. The van der Waals surface area contributed by atoms with Crippen molar-refractivity contribution in [3.05, 3.63) is 23.8 Å². The Morgan fingerprint density at radius 1 is 1.02 bits per heavy atom. The fraction of sp³-hybridized carbons (Fsp3) is 0.667. The Balaban J connectivity index is 1.19. The van der Waals surface area contributed by atoms with Crippen LogP contribution in [0.25, 0.3) is 10.9 Å². The zero-order valence-electron chi connectivity index (χ0n) is 31.4. The average molecular weight is 751 g/mol. The van der Waals surface area contributed by atoms with Gasteiger partial charge in [0, 0.05) is 41.8 Å². The molecule has 5 atom stereocenters. The second-order valence-corrected chi connectivity index (χ2v) is 16.8. The standard InChI is InChI=1S/C39H54N6O7S/c1-23(2)51-33-20-32(28-15-16-31(50-4)24(3)34(28)41-33)52-26-19-30-35(46)42-39(37(48)43-53-27-13-14-27)21-25(39)11-8-6-5-7-9-12-29(36(47)45(30)22-26)40-38(49)44-17-10-18-44/h15-16,20,23,25-27,29-30H,5-14,17-19,21-22H2,1-4H3,(H,40,49)(H,42,46)(H,43,48)/t25-,26-,29+,30+,39-/m1/s1. The first-order valence-electron chi connectivity index (χ1n) is 19.5. The van der Waals surface area contributed by atoms with E-state index in [-0.39, 0.29) is 48.7 Å². The van der Waals surface area contributed by atoms with Gasteiger partial charge in [0.15, 0.2) is 0 Å². The molecule has 2 aliphatic carbocycles. The third kappa shape index (κ3) is 8.27. The fourth-order valence-electron chi connectivity index (χ4n) is 7.90. The van der Waals surface area contributed by atoms with Crippen molar-refractivity contribution in [2.24, 2.45) is 5.92 Å². The number of carbonyl (C=O) groups is 4. The summed E-state index contributed by atoms with van der Waals surface area (Å²) in [4.78, 5) is 64.1. The first-order valence-corrected chi connectivity index (χ1v) is 20.4. The molecular weight excluding hydrogens is 697 g/mol. The number of likely N-dealkylation sites (tertiary alicyclic amines) is 1. The minimum absolute atomic E-state index is 0.0420. The normalized spacial score (nSPS) is 27.8. The molecule has 3 saturated heterocycles. The average Bonchev–Trinajstić information content (AvgIpc) is 4.01. The van der Waals surface area contributed by atoms with Crippen molar-refractivity contribution in [3.8, 4) is 17.4 Å². The Morgan fingerprint density at radius 2 is 1.77 bits per heavy atom. The van der Waals surface area contributed by atoms with Gasteiger partial charge in [0.05, 0.1) is 25.3 Å². The van der Waals surface area contributed by atoms with Gasteiger partial charge in [-0.05, 0) is 89.3 Å². The molecule has 14 heteroatoms. The van der Waals surface area contributed by atoms with Crippen molar-refractivity contribution in [3.63, 3.8) is 0 Å². The number of benzene rings is 1. The van der Waals surface area contributed by atoms with Crippen LogP contribution < -0.4 is 29.6 Å². The lowest BCUT2D eigenvalue weighted by molar-refractivity contribution is -0.141. The zero-order chi connectivity index (χ0) is 37.3. The number of hydrogen-bond donors (Lipinski definition) is 3. The van der Waals surface area contributed by atoms with Gasteiger partial charge >= 0.3 is 6.03 Å². The van der Waals surface area contributed by atoms with Crippen LogP contribution in [-0.4, -0.2) is 100 Å². The van der Waals surface area contributed by atoms with E-state index in [1.54, 1.807) is 23.0 Å². The van der Waals surface area contributed by atoms with Crippen LogP contribution in [0.15, 0.2) is 18.2 Å². The van der Waals surface area contributed by atoms with E-state index < -0.39 is 23.7 Å². The lowest BCUT2D eigenvalue weighted by Crippen LogP contribution is -2.59. The van der Waals surface area contributed by atoms with Crippen LogP contribution in [0.5, 0.6) is 17.4 Å². The number of aromatic nitrogens is 1. The van der Waals surface area contributed by atoms with Crippen LogP contribution in [0.4, 0.5) is 4.79 Å². The summed E-state index contributed by atoms with van der Waals surface area (Å²) in [6.07, 6.45) is 9.24. The number of fused-ring (bicyclic) bond motifs is 3. The molecule has 0 unspecified atom stereocenters. The Labute approximate surface area is 316 Å². The van der Waals surface area contributed by atoms with Crippen LogP contribution >= 0.6 is 11.9 Å². The van der Waals surface area contributed by atoms with Crippen LogP contribution in [0.2, 0.25) is 0 Å². The molecule has 5 fully saturated rings. The first-order chi connectivity index (χ1) is 25.6. The molecule has 7 rings (SSSR count). The monoisotopic (exact) mass is 750 g/mol. The van der Waals surface area contributed by atoms with Crippen molar-refractivity contribution in [2.75, 3.05) is 26.7 Å². The highest BCUT2D eigenvalue weighted by Gasteiger charge is 2.61. The highest BCUT2D eigenvalue weighted by atomic mass is 32.2. The smallest absolute Gasteiger partial charge is 0.318 e. The maximum Gasteiger partial charge on any atom is 0.318 e. The number of rotatable bonds is 9. The molecule has 0 radical (unpaired) electrons. The molecule has 4 heterocycles. The van der Waals surface area contributed by atoms with Crippen LogP contribution in [-0.2, 0) is 14.4 Å². The fourth-order valence-corrected chi connectivity index (χ4v) is 8.73. The van der Waals surface area contributed by atoms with Crippen molar-refractivity contribution in [1.29, 1.82) is 0 Å². The molecule has 2 aromatic rings. The number of hydrogen-bond acceptors (Lipinski definition) is 9. The van der Waals surface area contributed by atoms with Crippen molar-refractivity contribution < 1.29 is 33.4 Å². The van der Waals surface area contributed by atoms with Gasteiger partial charge < -0.3 is 34.6 Å². The number of carbonyl (C=O) groups excluding carboxylic acids is 4. The van der Waals surface area contributed by atoms with Crippen molar-refractivity contribution in [1.82, 2.24) is 30.1 Å². The molecule has 0 bridgehead atoms. The van der Waals surface area contributed by atoms with Gasteiger partial charge in [-0.2, -0.15) is 0 Å². The Bertz CT molecular complexity index is 1720. The predicted molar refractivity (Wildman–Crippen MR) is 202 cm³/mol. The predicted octanol–water partition coefficient (Wildman–Crippen LogP) is 5.02. The van der Waals surface area contributed by atoms with Gasteiger partial charge in [-0.25, -0.2) is 9.78 Å². The molecule has 5 amide bonds. The van der Waals surface area contributed by atoms with Gasteiger partial charge in [0.1, 0.15) is 35.2 Å². The molecular formula is C39H54N6O7S. The summed E-state index contributed by atoms with van der Waals surface area (Å²) in [5.41, 5.74) is 0.504. The number of methoxy groups -OCH3 is 1. The topological polar surface area (TPSA) is 151 Å². The van der Waals surface area contributed by atoms with E-state index in [0.717, 1.165) is 68.7 Å². The van der Waals surface area contributed by atoms with Gasteiger partial charge in [0.2, 0.25) is 17.7 Å². The van der Waals surface area contributed by atoms with Crippen LogP contribution in [0.3, 0.4) is 0 Å². The van der Waals surface area contributed by atoms with Gasteiger partial charge in [-0.1, -0.05) is 32.1 Å². The summed E-state index contributed by atoms with van der Waals surface area (Å²) >= 11 is 1.45. The number of aryl methyl sites for hydroxylation is 1. The van der Waals surface area contributed by atoms with E-state index >= 15 is 0 Å². The summed E-state index contributed by atoms with van der Waals surface area (Å²) < 4.78 is 21.4. The number of nitrogens with zero attached hydrogens (tertiary/aromatic N) is 3. The van der Waals surface area contributed by atoms with Crippen LogP contribution in [0.1, 0.15) is 96.5 Å². The minimum atomic E-state index is -1.00. The second-order valence-electron chi connectivity index (χ2n) is 15.7. The maximum atomic E-state index is 14.6. The molecule has 53 heavy (non-hydrogen) atoms. The summed E-state index contributed by atoms with van der Waals surface area (Å²) in [5.74, 6) is 0.808. The summed E-state index contributed by atoms with van der Waals surface area (Å²) in [5, 5.41) is 7.37. The number of amides is 5. The summed E-state index contributed by atoms with van der Waals surface area (Å²) in [6.45, 7) is 7.24. The molecule has 1 aromatic carbocycles. The molecule has 2 saturated carbocycles. The first kappa shape index (κ1) is 37.4. The van der Waals surface area contributed by atoms with E-state index in [2.05, 4.69) is 15.4 Å². The van der Waals surface area contributed by atoms with Crippen molar-refractivity contribution >= 4 is 46.6 Å². The number of ether oxygens (including phenoxy) is 3.